The molecular formula is C30H39N10O8S2+. The van der Waals surface area contributed by atoms with E-state index in [1.165, 1.54) is 31.9 Å². The molecule has 4 rings (SSSR count). The van der Waals surface area contributed by atoms with Crippen LogP contribution in [0.3, 0.4) is 0 Å². The highest BCUT2D eigenvalue weighted by Crippen LogP contribution is 2.40. The zero-order valence-electron chi connectivity index (χ0n) is 27.5. The molecule has 0 spiro atoms. The number of anilines is 2. The Morgan fingerprint density at radius 3 is 2.68 bits per heavy atom. The van der Waals surface area contributed by atoms with Gasteiger partial charge in [0.05, 0.1) is 10.7 Å². The summed E-state index contributed by atoms with van der Waals surface area (Å²) in [5, 5.41) is 28.4. The molecule has 3 unspecified atom stereocenters. The van der Waals surface area contributed by atoms with E-state index in [1.54, 1.807) is 35.9 Å². The Bertz CT molecular complexity index is 1720. The molecular weight excluding hydrogens is 693 g/mol. The van der Waals surface area contributed by atoms with Gasteiger partial charge in [-0.3, -0.25) is 19.3 Å². The molecule has 50 heavy (non-hydrogen) atoms. The first kappa shape index (κ1) is 37.9. The molecule has 1 aromatic rings. The van der Waals surface area contributed by atoms with Crippen LogP contribution >= 0.6 is 23.7 Å². The zero-order valence-corrected chi connectivity index (χ0v) is 29.1. The summed E-state index contributed by atoms with van der Waals surface area (Å²) in [5.74, 6) is -4.46. The normalized spacial score (nSPS) is 21.0. The summed E-state index contributed by atoms with van der Waals surface area (Å²) in [6.45, 7) is 4.89. The Balaban J connectivity index is 1.50. The van der Waals surface area contributed by atoms with Gasteiger partial charge in [-0.2, -0.15) is 0 Å². The van der Waals surface area contributed by atoms with Crippen molar-refractivity contribution in [2.45, 2.75) is 63.6 Å². The Kier molecular flexibility index (Phi) is 12.2. The SMILES string of the molecule is CC1CC=C(N)SN=C1/C(=N/OC(C)(C)C(=O)O)C(=O)NC1C(=O)N2C(C(=O)O)=C(/C=C/C[n+]3cnc(N)c(NC(=O)CCCN)c3)CSC12. The van der Waals surface area contributed by atoms with Crippen molar-refractivity contribution in [2.24, 2.45) is 26.9 Å². The van der Waals surface area contributed by atoms with Crippen LogP contribution in [0.1, 0.15) is 40.0 Å². The average molecular weight is 732 g/mol. The van der Waals surface area contributed by atoms with Gasteiger partial charge in [0.25, 0.3) is 24.0 Å². The van der Waals surface area contributed by atoms with Crippen LogP contribution < -0.4 is 32.4 Å². The Morgan fingerprint density at radius 1 is 1.26 bits per heavy atom. The Labute approximate surface area is 295 Å². The van der Waals surface area contributed by atoms with Crippen LogP contribution in [0, 0.1) is 5.92 Å². The molecule has 18 nitrogen and oxygen atoms in total. The van der Waals surface area contributed by atoms with E-state index in [9.17, 15) is 34.2 Å². The minimum Gasteiger partial charge on any atom is -0.478 e. The topological polar surface area (TPSA) is 282 Å². The second kappa shape index (κ2) is 16.2. The lowest BCUT2D eigenvalue weighted by molar-refractivity contribution is -0.689. The van der Waals surface area contributed by atoms with Gasteiger partial charge < -0.3 is 42.9 Å². The summed E-state index contributed by atoms with van der Waals surface area (Å²) in [4.78, 5) is 73.6. The van der Waals surface area contributed by atoms with Gasteiger partial charge >= 0.3 is 11.9 Å². The number of nitrogen functional groups attached to an aromatic ring is 1. The number of carbonyl (C=O) groups is 5. The third kappa shape index (κ3) is 8.79. The van der Waals surface area contributed by atoms with Crippen molar-refractivity contribution in [3.63, 3.8) is 0 Å². The highest BCUT2D eigenvalue weighted by molar-refractivity contribution is 8.02. The van der Waals surface area contributed by atoms with Crippen molar-refractivity contribution in [3.8, 4) is 0 Å². The van der Waals surface area contributed by atoms with Crippen molar-refractivity contribution in [1.29, 1.82) is 0 Å². The summed E-state index contributed by atoms with van der Waals surface area (Å²) in [6, 6.07) is -1.11. The van der Waals surface area contributed by atoms with Gasteiger partial charge in [-0.25, -0.2) is 18.6 Å². The molecule has 1 fully saturated rings. The Hall–Kier alpha value is -4.95. The molecule has 3 amide bonds. The van der Waals surface area contributed by atoms with E-state index in [-0.39, 0.29) is 53.5 Å². The maximum atomic E-state index is 13.6. The predicted molar refractivity (Wildman–Crippen MR) is 186 cm³/mol. The van der Waals surface area contributed by atoms with Crippen molar-refractivity contribution >= 4 is 76.3 Å². The fraction of sp³-hybridized carbons (Fsp3) is 0.433. The number of carboxylic acid groups (broad SMARTS) is 2. The highest BCUT2D eigenvalue weighted by Gasteiger charge is 2.54. The van der Waals surface area contributed by atoms with Crippen LogP contribution in [-0.2, 0) is 35.4 Å². The fourth-order valence-electron chi connectivity index (χ4n) is 4.75. The second-order valence-corrected chi connectivity index (χ2v) is 13.9. The van der Waals surface area contributed by atoms with Crippen molar-refractivity contribution in [3.05, 3.63) is 47.1 Å². The number of carbonyl (C=O) groups excluding carboxylic acids is 3. The molecule has 0 saturated carbocycles. The largest absolute Gasteiger partial charge is 0.478 e. The lowest BCUT2D eigenvalue weighted by atomic mass is 9.96. The number of nitrogens with one attached hydrogen (secondary N) is 2. The number of rotatable bonds is 14. The number of nitrogens with zero attached hydrogens (tertiary/aromatic N) is 5. The lowest BCUT2D eigenvalue weighted by Gasteiger charge is -2.49. The predicted octanol–water partition coefficient (Wildman–Crippen LogP) is 0.0884. The summed E-state index contributed by atoms with van der Waals surface area (Å²) in [7, 11) is 0. The van der Waals surface area contributed by atoms with Gasteiger partial charge in [0.15, 0.2) is 11.4 Å². The number of amides is 3. The molecule has 268 valence electrons. The number of fused-ring (bicyclic) bond motifs is 1. The van der Waals surface area contributed by atoms with Gasteiger partial charge in [-0.05, 0) is 49.9 Å². The molecule has 0 radical (unpaired) electrons. The summed E-state index contributed by atoms with van der Waals surface area (Å²) < 4.78 is 5.96. The zero-order chi connectivity index (χ0) is 36.7. The maximum absolute atomic E-state index is 13.6. The fourth-order valence-corrected chi connectivity index (χ4v) is 6.71. The van der Waals surface area contributed by atoms with Crippen molar-refractivity contribution in [1.82, 2.24) is 15.2 Å². The van der Waals surface area contributed by atoms with Crippen LogP contribution in [0.25, 0.3) is 0 Å². The first-order chi connectivity index (χ1) is 23.6. The summed E-state index contributed by atoms with van der Waals surface area (Å²) in [5.41, 5.74) is 15.8. The van der Waals surface area contributed by atoms with Gasteiger partial charge in [0, 0.05) is 30.0 Å². The maximum Gasteiger partial charge on any atom is 0.352 e. The molecule has 4 heterocycles. The van der Waals surface area contributed by atoms with Crippen LogP contribution in [0.5, 0.6) is 0 Å². The van der Waals surface area contributed by atoms with E-state index >= 15 is 0 Å². The van der Waals surface area contributed by atoms with Gasteiger partial charge in [-0.15, -0.1) is 11.8 Å². The number of aliphatic carboxylic acids is 2. The Morgan fingerprint density at radius 2 is 2.00 bits per heavy atom. The molecule has 0 aromatic carbocycles. The molecule has 3 atom stereocenters. The lowest BCUT2D eigenvalue weighted by Crippen LogP contribution is -2.71. The van der Waals surface area contributed by atoms with E-state index in [0.29, 0.717) is 35.7 Å². The highest BCUT2D eigenvalue weighted by atomic mass is 32.2. The smallest absolute Gasteiger partial charge is 0.352 e. The second-order valence-electron chi connectivity index (χ2n) is 11.9. The van der Waals surface area contributed by atoms with Crippen molar-refractivity contribution in [2.75, 3.05) is 23.3 Å². The molecule has 3 aliphatic heterocycles. The minimum atomic E-state index is -1.79. The van der Waals surface area contributed by atoms with Crippen LogP contribution in [-0.4, -0.2) is 90.5 Å². The number of thioether (sulfide) groups is 1. The van der Waals surface area contributed by atoms with Gasteiger partial charge in [0.2, 0.25) is 11.5 Å². The molecule has 1 aromatic heterocycles. The number of hydrogen-bond donors (Lipinski definition) is 7. The first-order valence-corrected chi connectivity index (χ1v) is 17.2. The first-order valence-electron chi connectivity index (χ1n) is 15.4. The number of β-lactam (4-membered cyclic amide) rings is 1. The van der Waals surface area contributed by atoms with Crippen molar-refractivity contribution < 1.29 is 43.6 Å². The number of allylic oxidation sites excluding steroid dienone is 3. The standard InChI is InChI=1S/C30H38N10O8S2/c1-15-8-9-18(32)50-38-20(15)21(37-48-30(2,3)29(46)47)25(42)36-22-26(43)40-23(28(44)45)16(13-49-27(22)40)6-5-11-39-12-17(24(33)34-14-39)35-19(41)7-4-10-31/h5-6,9,12,14-15,22,27,33H,4,7-8,10-11,13,31-32H2,1-3H3,(H4,35,36,41,42,44,45,46,47)/p+1/b6-5+,37-21-. The van der Waals surface area contributed by atoms with Gasteiger partial charge in [0.1, 0.15) is 29.9 Å². The van der Waals surface area contributed by atoms with E-state index < -0.39 is 40.8 Å². The molecule has 1 saturated heterocycles. The number of aromatic nitrogens is 2. The number of oxime groups is 1. The molecule has 10 N–H and O–H groups in total. The third-order valence-electron chi connectivity index (χ3n) is 7.65. The number of nitrogens with two attached hydrogens (primary N) is 3. The van der Waals surface area contributed by atoms with Crippen LogP contribution in [0.15, 0.2) is 56.6 Å². The summed E-state index contributed by atoms with van der Waals surface area (Å²) in [6.07, 6.45) is 9.19. The monoisotopic (exact) mass is 731 g/mol. The molecule has 0 aliphatic carbocycles. The molecule has 3 aliphatic rings. The van der Waals surface area contributed by atoms with E-state index in [0.717, 1.165) is 16.8 Å². The minimum absolute atomic E-state index is 0.127. The van der Waals surface area contributed by atoms with E-state index in [2.05, 4.69) is 25.2 Å². The van der Waals surface area contributed by atoms with E-state index in [1.807, 2.05) is 0 Å². The number of hydrogen-bond acceptors (Lipinski definition) is 14. The van der Waals surface area contributed by atoms with E-state index in [4.69, 9.17) is 22.0 Å². The average Bonchev–Trinajstić information content (AvgIpc) is 3.23. The quantitative estimate of drug-likeness (QED) is 0.0439. The third-order valence-corrected chi connectivity index (χ3v) is 9.61. The summed E-state index contributed by atoms with van der Waals surface area (Å²) >= 11 is 2.16. The molecule has 0 bridgehead atoms. The van der Waals surface area contributed by atoms with Gasteiger partial charge in [-0.1, -0.05) is 24.2 Å². The van der Waals surface area contributed by atoms with Crippen LogP contribution in [0.4, 0.5) is 11.5 Å². The molecule has 20 heteroatoms. The number of carboxylic acids is 2. The van der Waals surface area contributed by atoms with Crippen LogP contribution in [0.2, 0.25) is 0 Å².